The number of anilines is 1. The van der Waals surface area contributed by atoms with E-state index in [1.54, 1.807) is 42.5 Å². The summed E-state index contributed by atoms with van der Waals surface area (Å²) in [6, 6.07) is 30.7. The third-order valence-corrected chi connectivity index (χ3v) is 8.90. The fourth-order valence-electron chi connectivity index (χ4n) is 4.94. The highest BCUT2D eigenvalue weighted by Gasteiger charge is 2.34. The van der Waals surface area contributed by atoms with Crippen molar-refractivity contribution in [3.05, 3.63) is 126 Å². The summed E-state index contributed by atoms with van der Waals surface area (Å²) in [6.07, 6.45) is 0.257. The summed E-state index contributed by atoms with van der Waals surface area (Å²) in [5.41, 5.74) is 3.05. The number of para-hydroxylation sites is 1. The fourth-order valence-corrected chi connectivity index (χ4v) is 6.35. The van der Waals surface area contributed by atoms with Gasteiger partial charge in [-0.2, -0.15) is 0 Å². The third kappa shape index (κ3) is 8.26. The molecule has 8 nitrogen and oxygen atoms in total. The zero-order valence-electron chi connectivity index (χ0n) is 25.5. The van der Waals surface area contributed by atoms with Crippen LogP contribution in [-0.4, -0.2) is 50.9 Å². The van der Waals surface area contributed by atoms with Gasteiger partial charge in [0, 0.05) is 19.0 Å². The Morgan fingerprint density at radius 1 is 0.818 bits per heavy atom. The van der Waals surface area contributed by atoms with Gasteiger partial charge in [0.25, 0.3) is 10.0 Å². The number of nitrogens with one attached hydrogen (secondary N) is 1. The Morgan fingerprint density at radius 3 is 2.02 bits per heavy atom. The van der Waals surface area contributed by atoms with Gasteiger partial charge in [-0.1, -0.05) is 78.4 Å². The molecule has 0 aliphatic carbocycles. The molecule has 2 amide bonds. The second-order valence-electron chi connectivity index (χ2n) is 10.9. The lowest BCUT2D eigenvalue weighted by Crippen LogP contribution is -2.54. The number of methoxy groups -OCH3 is 1. The standard InChI is InChI=1S/C35H39N3O5S/c1-26(2)36-35(40)33(23-28-13-7-5-8-14-28)37(24-29-15-11-12-27(3)22-29)34(39)25-38(30-16-9-6-10-17-30)44(41,42)32-20-18-31(43-4)19-21-32/h5-22,26,33H,23-25H2,1-4H3,(H,36,40)/t33-/m1/s1. The zero-order chi connectivity index (χ0) is 31.7. The number of benzene rings is 4. The quantitative estimate of drug-likeness (QED) is 0.219. The smallest absolute Gasteiger partial charge is 0.264 e. The molecule has 0 spiro atoms. The van der Waals surface area contributed by atoms with Gasteiger partial charge in [-0.15, -0.1) is 0 Å². The maximum Gasteiger partial charge on any atom is 0.264 e. The van der Waals surface area contributed by atoms with Gasteiger partial charge in [-0.3, -0.25) is 13.9 Å². The topological polar surface area (TPSA) is 96.0 Å². The van der Waals surface area contributed by atoms with E-state index in [9.17, 15) is 18.0 Å². The van der Waals surface area contributed by atoms with Crippen molar-refractivity contribution in [1.82, 2.24) is 10.2 Å². The van der Waals surface area contributed by atoms with Gasteiger partial charge >= 0.3 is 0 Å². The first-order chi connectivity index (χ1) is 21.1. The predicted molar refractivity (Wildman–Crippen MR) is 173 cm³/mol. The summed E-state index contributed by atoms with van der Waals surface area (Å²) in [5, 5.41) is 2.97. The fraction of sp³-hybridized carbons (Fsp3) is 0.257. The summed E-state index contributed by atoms with van der Waals surface area (Å²) in [6.45, 7) is 5.30. The van der Waals surface area contributed by atoms with E-state index in [0.717, 1.165) is 21.0 Å². The Hall–Kier alpha value is -4.63. The number of rotatable bonds is 13. The van der Waals surface area contributed by atoms with Gasteiger partial charge in [0.1, 0.15) is 18.3 Å². The van der Waals surface area contributed by atoms with E-state index >= 15 is 0 Å². The lowest BCUT2D eigenvalue weighted by atomic mass is 10.0. The van der Waals surface area contributed by atoms with E-state index in [1.807, 2.05) is 75.4 Å². The molecule has 1 atom stereocenters. The third-order valence-electron chi connectivity index (χ3n) is 7.11. The Balaban J connectivity index is 1.78. The molecule has 0 aliphatic rings. The molecule has 1 N–H and O–H groups in total. The van der Waals surface area contributed by atoms with E-state index in [0.29, 0.717) is 11.4 Å². The second kappa shape index (κ2) is 14.7. The van der Waals surface area contributed by atoms with Crippen LogP contribution in [0.15, 0.2) is 114 Å². The Morgan fingerprint density at radius 2 is 1.43 bits per heavy atom. The number of carbonyl (C=O) groups is 2. The summed E-state index contributed by atoms with van der Waals surface area (Å²) in [5.74, 6) is -0.308. The number of hydrogen-bond donors (Lipinski definition) is 1. The minimum absolute atomic E-state index is 0.0126. The van der Waals surface area contributed by atoms with Crippen molar-refractivity contribution in [3.63, 3.8) is 0 Å². The molecular formula is C35H39N3O5S. The lowest BCUT2D eigenvalue weighted by molar-refractivity contribution is -0.140. The largest absolute Gasteiger partial charge is 0.497 e. The molecule has 0 saturated carbocycles. The normalized spacial score (nSPS) is 11.9. The first kappa shape index (κ1) is 32.3. The van der Waals surface area contributed by atoms with E-state index < -0.39 is 28.5 Å². The van der Waals surface area contributed by atoms with Crippen molar-refractivity contribution in [3.8, 4) is 5.75 Å². The molecule has 0 saturated heterocycles. The lowest BCUT2D eigenvalue weighted by Gasteiger charge is -2.34. The van der Waals surface area contributed by atoms with Crippen LogP contribution in [0, 0.1) is 6.92 Å². The maximum absolute atomic E-state index is 14.4. The van der Waals surface area contributed by atoms with Gasteiger partial charge < -0.3 is 15.0 Å². The van der Waals surface area contributed by atoms with Crippen LogP contribution >= 0.6 is 0 Å². The molecule has 0 unspecified atom stereocenters. The second-order valence-corrected chi connectivity index (χ2v) is 12.8. The molecule has 4 aromatic rings. The molecule has 230 valence electrons. The first-order valence-corrected chi connectivity index (χ1v) is 15.9. The average molecular weight is 614 g/mol. The maximum atomic E-state index is 14.4. The van der Waals surface area contributed by atoms with Crippen LogP contribution in [0.3, 0.4) is 0 Å². The van der Waals surface area contributed by atoms with Crippen LogP contribution in [-0.2, 0) is 32.6 Å². The molecule has 9 heteroatoms. The number of hydrogen-bond acceptors (Lipinski definition) is 5. The molecule has 0 bridgehead atoms. The van der Waals surface area contributed by atoms with Crippen LogP contribution in [0.4, 0.5) is 5.69 Å². The highest BCUT2D eigenvalue weighted by Crippen LogP contribution is 2.26. The highest BCUT2D eigenvalue weighted by atomic mass is 32.2. The minimum Gasteiger partial charge on any atom is -0.497 e. The van der Waals surface area contributed by atoms with Crippen LogP contribution in [0.25, 0.3) is 0 Å². The number of amides is 2. The highest BCUT2D eigenvalue weighted by molar-refractivity contribution is 7.92. The van der Waals surface area contributed by atoms with Crippen molar-refractivity contribution in [2.24, 2.45) is 0 Å². The number of sulfonamides is 1. The number of ether oxygens (including phenoxy) is 1. The minimum atomic E-state index is -4.18. The van der Waals surface area contributed by atoms with Crippen LogP contribution in [0.5, 0.6) is 5.75 Å². The zero-order valence-corrected chi connectivity index (χ0v) is 26.3. The van der Waals surface area contributed by atoms with Crippen LogP contribution in [0.1, 0.15) is 30.5 Å². The summed E-state index contributed by atoms with van der Waals surface area (Å²) in [7, 11) is -2.68. The van der Waals surface area contributed by atoms with Gasteiger partial charge in [0.15, 0.2) is 0 Å². The summed E-state index contributed by atoms with van der Waals surface area (Å²) >= 11 is 0. The van der Waals surface area contributed by atoms with Crippen LogP contribution < -0.4 is 14.4 Å². The van der Waals surface area contributed by atoms with Gasteiger partial charge in [0.05, 0.1) is 17.7 Å². The van der Waals surface area contributed by atoms with Crippen molar-refractivity contribution < 1.29 is 22.7 Å². The van der Waals surface area contributed by atoms with Crippen molar-refractivity contribution in [2.45, 2.75) is 50.7 Å². The van der Waals surface area contributed by atoms with Gasteiger partial charge in [-0.05, 0) is 68.3 Å². The number of aryl methyl sites for hydroxylation is 1. The number of carbonyl (C=O) groups excluding carboxylic acids is 2. The predicted octanol–water partition coefficient (Wildman–Crippen LogP) is 5.36. The molecule has 4 aromatic carbocycles. The summed E-state index contributed by atoms with van der Waals surface area (Å²) in [4.78, 5) is 29.7. The monoisotopic (exact) mass is 613 g/mol. The van der Waals surface area contributed by atoms with Crippen LogP contribution in [0.2, 0.25) is 0 Å². The Labute approximate surface area is 260 Å². The van der Waals surface area contributed by atoms with E-state index in [-0.39, 0.29) is 29.8 Å². The SMILES string of the molecule is COc1ccc(S(=O)(=O)N(CC(=O)N(Cc2cccc(C)c2)[C@H](Cc2ccccc2)C(=O)NC(C)C)c2ccccc2)cc1. The Kier molecular flexibility index (Phi) is 10.8. The molecule has 44 heavy (non-hydrogen) atoms. The molecule has 0 fully saturated rings. The van der Waals surface area contributed by atoms with Gasteiger partial charge in [-0.25, -0.2) is 8.42 Å². The molecular weight excluding hydrogens is 574 g/mol. The van der Waals surface area contributed by atoms with E-state index in [4.69, 9.17) is 4.74 Å². The average Bonchev–Trinajstić information content (AvgIpc) is 3.02. The van der Waals surface area contributed by atoms with Gasteiger partial charge in [0.2, 0.25) is 11.8 Å². The van der Waals surface area contributed by atoms with Crippen molar-refractivity contribution >= 4 is 27.5 Å². The van der Waals surface area contributed by atoms with E-state index in [1.165, 1.54) is 24.1 Å². The van der Waals surface area contributed by atoms with Crippen molar-refractivity contribution in [2.75, 3.05) is 18.0 Å². The molecule has 0 heterocycles. The number of nitrogens with zero attached hydrogens (tertiary/aromatic N) is 2. The Bertz CT molecular complexity index is 1640. The molecule has 4 rings (SSSR count). The van der Waals surface area contributed by atoms with Crippen molar-refractivity contribution in [1.29, 1.82) is 0 Å². The van der Waals surface area contributed by atoms with E-state index in [2.05, 4.69) is 5.32 Å². The summed E-state index contributed by atoms with van der Waals surface area (Å²) < 4.78 is 34.4. The molecule has 0 aromatic heterocycles. The molecule has 0 radical (unpaired) electrons. The molecule has 0 aliphatic heterocycles. The first-order valence-electron chi connectivity index (χ1n) is 14.5.